The van der Waals surface area contributed by atoms with Crippen molar-refractivity contribution in [2.45, 2.75) is 26.9 Å². The Kier molecular flexibility index (Phi) is 4.90. The summed E-state index contributed by atoms with van der Waals surface area (Å²) in [6, 6.07) is 6.72. The van der Waals surface area contributed by atoms with Crippen LogP contribution in [0.2, 0.25) is 0 Å². The molecule has 1 aliphatic heterocycles. The summed E-state index contributed by atoms with van der Waals surface area (Å²) < 4.78 is 10.5. The number of carbonyl (C=O) groups excluding carboxylic acids is 1. The predicted molar refractivity (Wildman–Crippen MR) is 99.3 cm³/mol. The van der Waals surface area contributed by atoms with Gasteiger partial charge in [0.05, 0.1) is 12.7 Å². The standard InChI is InChI=1S/C21H20O6/c1-11(13-6-4-5-7-14(13)20(23)24)8-9-15-18(22)17-16(10-27-21(17)25)12(2)19(15)26-3/h4-8,22H,9-10H2,1-3H3,(H,23,24)/b11-8-. The second-order valence-electron chi connectivity index (χ2n) is 6.36. The van der Waals surface area contributed by atoms with Gasteiger partial charge in [-0.2, -0.15) is 0 Å². The van der Waals surface area contributed by atoms with Crippen molar-refractivity contribution in [2.75, 3.05) is 7.11 Å². The molecular formula is C21H20O6. The summed E-state index contributed by atoms with van der Waals surface area (Å²) in [5.41, 5.74) is 3.59. The molecule has 3 rings (SSSR count). The summed E-state index contributed by atoms with van der Waals surface area (Å²) in [4.78, 5) is 23.4. The lowest BCUT2D eigenvalue weighted by atomic mass is 9.93. The van der Waals surface area contributed by atoms with Crippen LogP contribution >= 0.6 is 0 Å². The first-order chi connectivity index (χ1) is 12.9. The van der Waals surface area contributed by atoms with Crippen LogP contribution in [0.5, 0.6) is 11.5 Å². The molecule has 0 amide bonds. The van der Waals surface area contributed by atoms with Crippen molar-refractivity contribution in [2.24, 2.45) is 0 Å². The maximum absolute atomic E-state index is 12.0. The van der Waals surface area contributed by atoms with Gasteiger partial charge in [-0.15, -0.1) is 0 Å². The van der Waals surface area contributed by atoms with E-state index in [0.717, 1.165) is 11.1 Å². The number of aromatic carboxylic acids is 1. The number of carbonyl (C=O) groups is 2. The van der Waals surface area contributed by atoms with Crippen LogP contribution in [0.25, 0.3) is 5.57 Å². The van der Waals surface area contributed by atoms with E-state index in [0.29, 0.717) is 22.4 Å². The topological polar surface area (TPSA) is 93.1 Å². The first kappa shape index (κ1) is 18.5. The Bertz CT molecular complexity index is 971. The fraction of sp³-hybridized carbons (Fsp3) is 0.238. The fourth-order valence-electron chi connectivity index (χ4n) is 3.41. The lowest BCUT2D eigenvalue weighted by Crippen LogP contribution is -2.03. The summed E-state index contributed by atoms with van der Waals surface area (Å²) in [5.74, 6) is -1.20. The first-order valence-electron chi connectivity index (χ1n) is 8.44. The van der Waals surface area contributed by atoms with E-state index in [1.807, 2.05) is 13.0 Å². The van der Waals surface area contributed by atoms with E-state index in [2.05, 4.69) is 0 Å². The van der Waals surface area contributed by atoms with Crippen LogP contribution < -0.4 is 4.74 Å². The lowest BCUT2D eigenvalue weighted by Gasteiger charge is -2.16. The van der Waals surface area contributed by atoms with Crippen molar-refractivity contribution >= 4 is 17.5 Å². The van der Waals surface area contributed by atoms with Crippen LogP contribution in [0.4, 0.5) is 0 Å². The third-order valence-corrected chi connectivity index (χ3v) is 4.84. The molecule has 6 heteroatoms. The van der Waals surface area contributed by atoms with Gasteiger partial charge >= 0.3 is 11.9 Å². The van der Waals surface area contributed by atoms with Crippen LogP contribution in [0.1, 0.15) is 49.9 Å². The van der Waals surface area contributed by atoms with Crippen LogP contribution in [0.3, 0.4) is 0 Å². The zero-order valence-electron chi connectivity index (χ0n) is 15.3. The third-order valence-electron chi connectivity index (χ3n) is 4.84. The second-order valence-corrected chi connectivity index (χ2v) is 6.36. The maximum Gasteiger partial charge on any atom is 0.342 e. The summed E-state index contributed by atoms with van der Waals surface area (Å²) in [6.07, 6.45) is 2.08. The van der Waals surface area contributed by atoms with Crippen molar-refractivity contribution in [3.05, 3.63) is 63.7 Å². The molecule has 1 aliphatic rings. The summed E-state index contributed by atoms with van der Waals surface area (Å²) >= 11 is 0. The highest BCUT2D eigenvalue weighted by Gasteiger charge is 2.31. The molecule has 6 nitrogen and oxygen atoms in total. The number of esters is 1. The van der Waals surface area contributed by atoms with E-state index < -0.39 is 11.9 Å². The van der Waals surface area contributed by atoms with Crippen molar-refractivity contribution in [3.63, 3.8) is 0 Å². The number of allylic oxidation sites excluding steroid dienone is 2. The molecule has 0 saturated heterocycles. The second kappa shape index (κ2) is 7.15. The van der Waals surface area contributed by atoms with Crippen LogP contribution in [0, 0.1) is 6.92 Å². The zero-order valence-corrected chi connectivity index (χ0v) is 15.3. The molecule has 0 atom stereocenters. The summed E-state index contributed by atoms with van der Waals surface area (Å²) in [6.45, 7) is 3.74. The van der Waals surface area contributed by atoms with Gasteiger partial charge in [-0.3, -0.25) is 0 Å². The predicted octanol–water partition coefficient (Wildman–Crippen LogP) is 3.72. The van der Waals surface area contributed by atoms with Gasteiger partial charge in [0.15, 0.2) is 0 Å². The van der Waals surface area contributed by atoms with Gasteiger partial charge in [-0.05, 0) is 43.0 Å². The molecule has 2 aromatic rings. The smallest absolute Gasteiger partial charge is 0.342 e. The quantitative estimate of drug-likeness (QED) is 0.781. The van der Waals surface area contributed by atoms with E-state index in [1.165, 1.54) is 7.11 Å². The number of methoxy groups -OCH3 is 1. The Morgan fingerprint density at radius 3 is 2.59 bits per heavy atom. The number of carboxylic acids is 1. The number of phenols is 1. The number of carboxylic acid groups (broad SMARTS) is 1. The van der Waals surface area contributed by atoms with E-state index in [4.69, 9.17) is 9.47 Å². The van der Waals surface area contributed by atoms with Gasteiger partial charge in [0.2, 0.25) is 0 Å². The molecule has 0 unspecified atom stereocenters. The Hall–Kier alpha value is -3.28. The lowest BCUT2D eigenvalue weighted by molar-refractivity contribution is 0.0532. The fourth-order valence-corrected chi connectivity index (χ4v) is 3.41. The van der Waals surface area contributed by atoms with Gasteiger partial charge in [0.1, 0.15) is 23.7 Å². The average molecular weight is 368 g/mol. The molecule has 0 saturated carbocycles. The minimum absolute atomic E-state index is 0.116. The van der Waals surface area contributed by atoms with Gasteiger partial charge in [-0.25, -0.2) is 9.59 Å². The van der Waals surface area contributed by atoms with Crippen molar-refractivity contribution in [1.29, 1.82) is 0 Å². The molecule has 0 fully saturated rings. The largest absolute Gasteiger partial charge is 0.507 e. The van der Waals surface area contributed by atoms with Gasteiger partial charge in [-0.1, -0.05) is 24.3 Å². The molecule has 0 aromatic heterocycles. The van der Waals surface area contributed by atoms with Crippen molar-refractivity contribution < 1.29 is 29.3 Å². The van der Waals surface area contributed by atoms with Crippen LogP contribution in [-0.4, -0.2) is 29.3 Å². The van der Waals surface area contributed by atoms with E-state index in [9.17, 15) is 19.8 Å². The normalized spacial score (nSPS) is 13.3. The highest BCUT2D eigenvalue weighted by molar-refractivity contribution is 5.98. The Labute approximate surface area is 156 Å². The Balaban J connectivity index is 2.05. The van der Waals surface area contributed by atoms with Crippen LogP contribution in [-0.2, 0) is 17.8 Å². The SMILES string of the molecule is COc1c(C)c2c(c(O)c1C/C=C(/C)c1ccccc1C(=O)O)C(=O)OC2. The van der Waals surface area contributed by atoms with Gasteiger partial charge in [0.25, 0.3) is 0 Å². The van der Waals surface area contributed by atoms with Gasteiger partial charge in [0, 0.05) is 11.1 Å². The third kappa shape index (κ3) is 3.14. The number of cyclic esters (lactones) is 1. The molecule has 0 aliphatic carbocycles. The Morgan fingerprint density at radius 2 is 1.96 bits per heavy atom. The molecule has 1 heterocycles. The summed E-state index contributed by atoms with van der Waals surface area (Å²) in [7, 11) is 1.51. The van der Waals surface area contributed by atoms with Crippen molar-refractivity contribution in [1.82, 2.24) is 0 Å². The number of rotatable bonds is 5. The van der Waals surface area contributed by atoms with E-state index >= 15 is 0 Å². The van der Waals surface area contributed by atoms with Crippen LogP contribution in [0.15, 0.2) is 30.3 Å². The number of aromatic hydroxyl groups is 1. The minimum atomic E-state index is -1.00. The Morgan fingerprint density at radius 1 is 1.30 bits per heavy atom. The number of fused-ring (bicyclic) bond motifs is 1. The number of benzene rings is 2. The molecule has 140 valence electrons. The molecule has 0 spiro atoms. The first-order valence-corrected chi connectivity index (χ1v) is 8.44. The average Bonchev–Trinajstić information content (AvgIpc) is 3.05. The molecular weight excluding hydrogens is 348 g/mol. The number of ether oxygens (including phenoxy) is 2. The number of hydrogen-bond donors (Lipinski definition) is 2. The van der Waals surface area contributed by atoms with Gasteiger partial charge < -0.3 is 19.7 Å². The zero-order chi connectivity index (χ0) is 19.7. The number of phenolic OH excluding ortho intramolecular Hbond substituents is 1. The maximum atomic E-state index is 12.0. The molecule has 0 radical (unpaired) electrons. The van der Waals surface area contributed by atoms with E-state index in [1.54, 1.807) is 31.2 Å². The van der Waals surface area contributed by atoms with E-state index in [-0.39, 0.29) is 29.9 Å². The summed E-state index contributed by atoms with van der Waals surface area (Å²) in [5, 5.41) is 20.0. The highest BCUT2D eigenvalue weighted by Crippen LogP contribution is 2.42. The molecule has 0 bridgehead atoms. The molecule has 2 aromatic carbocycles. The molecule has 2 N–H and O–H groups in total. The highest BCUT2D eigenvalue weighted by atomic mass is 16.5. The monoisotopic (exact) mass is 368 g/mol. The minimum Gasteiger partial charge on any atom is -0.507 e. The van der Waals surface area contributed by atoms with Crippen molar-refractivity contribution in [3.8, 4) is 11.5 Å². The number of hydrogen-bond acceptors (Lipinski definition) is 5. The molecule has 27 heavy (non-hydrogen) atoms.